The standard InChI is InChI=1S/C20H28N4O4S2/c1-16-10-21-20(29-16)22-19(25)13-23-8-9-24(30(2,26)27)12-18(11-23)15-28-14-17-6-4-3-5-7-17/h3-7,10,18H,8-9,11-15H2,1-2H3,(H,21,22,25). The fourth-order valence-corrected chi connectivity index (χ4v) is 4.96. The average molecular weight is 453 g/mol. The second-order valence-electron chi connectivity index (χ2n) is 7.55. The molecule has 10 heteroatoms. The number of sulfonamides is 1. The SMILES string of the molecule is Cc1cnc(NC(=O)CN2CCN(S(C)(=O)=O)CC(COCc3ccccc3)C2)s1. The van der Waals surface area contributed by atoms with E-state index < -0.39 is 10.0 Å². The van der Waals surface area contributed by atoms with Gasteiger partial charge in [0.15, 0.2) is 5.13 Å². The third-order valence-corrected chi connectivity index (χ3v) is 6.91. The van der Waals surface area contributed by atoms with Crippen LogP contribution in [0.4, 0.5) is 5.13 Å². The van der Waals surface area contributed by atoms with Gasteiger partial charge < -0.3 is 10.1 Å². The Balaban J connectivity index is 1.58. The normalized spacial score (nSPS) is 18.8. The Bertz CT molecular complexity index is 933. The number of aromatic nitrogens is 1. The Morgan fingerprint density at radius 2 is 2.03 bits per heavy atom. The van der Waals surface area contributed by atoms with Crippen LogP contribution in [-0.2, 0) is 26.2 Å². The highest BCUT2D eigenvalue weighted by molar-refractivity contribution is 7.88. The fraction of sp³-hybridized carbons (Fsp3) is 0.500. The second-order valence-corrected chi connectivity index (χ2v) is 10.8. The summed E-state index contributed by atoms with van der Waals surface area (Å²) in [6.45, 7) is 4.84. The molecule has 3 rings (SSSR count). The van der Waals surface area contributed by atoms with Gasteiger partial charge in [0.2, 0.25) is 15.9 Å². The number of hydrogen-bond acceptors (Lipinski definition) is 7. The molecule has 1 N–H and O–H groups in total. The van der Waals surface area contributed by atoms with Gasteiger partial charge >= 0.3 is 0 Å². The molecule has 1 amide bonds. The van der Waals surface area contributed by atoms with Gasteiger partial charge in [-0.3, -0.25) is 9.69 Å². The molecule has 2 aromatic rings. The number of rotatable bonds is 8. The molecule has 2 heterocycles. The molecule has 1 aliphatic rings. The van der Waals surface area contributed by atoms with Crippen molar-refractivity contribution in [1.29, 1.82) is 0 Å². The first-order chi connectivity index (χ1) is 14.3. The van der Waals surface area contributed by atoms with Gasteiger partial charge in [0.05, 0.1) is 26.0 Å². The number of ether oxygens (including phenoxy) is 1. The maximum Gasteiger partial charge on any atom is 0.240 e. The van der Waals surface area contributed by atoms with Gasteiger partial charge in [-0.15, -0.1) is 11.3 Å². The number of benzene rings is 1. The van der Waals surface area contributed by atoms with Gasteiger partial charge in [0, 0.05) is 43.2 Å². The Labute approximate surface area is 181 Å². The first-order valence-electron chi connectivity index (χ1n) is 9.81. The van der Waals surface area contributed by atoms with Crippen LogP contribution in [0.2, 0.25) is 0 Å². The van der Waals surface area contributed by atoms with Crippen LogP contribution >= 0.6 is 11.3 Å². The van der Waals surface area contributed by atoms with Crippen molar-refractivity contribution in [2.45, 2.75) is 13.5 Å². The molecule has 0 bridgehead atoms. The van der Waals surface area contributed by atoms with Crippen LogP contribution in [0.1, 0.15) is 10.4 Å². The third-order valence-electron chi connectivity index (χ3n) is 4.81. The Hall–Kier alpha value is -1.85. The molecular formula is C20H28N4O4S2. The zero-order chi connectivity index (χ0) is 21.6. The topological polar surface area (TPSA) is 91.8 Å². The maximum atomic E-state index is 12.4. The summed E-state index contributed by atoms with van der Waals surface area (Å²) < 4.78 is 31.6. The summed E-state index contributed by atoms with van der Waals surface area (Å²) >= 11 is 1.43. The van der Waals surface area contributed by atoms with Gasteiger partial charge in [-0.2, -0.15) is 0 Å². The van der Waals surface area contributed by atoms with Crippen molar-refractivity contribution in [2.24, 2.45) is 5.92 Å². The molecular weight excluding hydrogens is 424 g/mol. The third kappa shape index (κ3) is 7.13. The van der Waals surface area contributed by atoms with Crippen molar-refractivity contribution < 1.29 is 17.9 Å². The number of hydrogen-bond donors (Lipinski definition) is 1. The number of amides is 1. The van der Waals surface area contributed by atoms with Crippen LogP contribution in [0, 0.1) is 12.8 Å². The summed E-state index contributed by atoms with van der Waals surface area (Å²) in [6.07, 6.45) is 2.94. The first kappa shape index (κ1) is 22.8. The lowest BCUT2D eigenvalue weighted by molar-refractivity contribution is -0.117. The molecule has 164 valence electrons. The highest BCUT2D eigenvalue weighted by Gasteiger charge is 2.28. The van der Waals surface area contributed by atoms with Crippen LogP contribution in [0.25, 0.3) is 0 Å². The summed E-state index contributed by atoms with van der Waals surface area (Å²) in [4.78, 5) is 19.6. The smallest absolute Gasteiger partial charge is 0.240 e. The summed E-state index contributed by atoms with van der Waals surface area (Å²) in [5, 5.41) is 3.39. The Kier molecular flexibility index (Phi) is 7.95. The van der Waals surface area contributed by atoms with Crippen molar-refractivity contribution in [3.63, 3.8) is 0 Å². The molecule has 1 fully saturated rings. The quantitative estimate of drug-likeness (QED) is 0.657. The van der Waals surface area contributed by atoms with Crippen LogP contribution in [0.3, 0.4) is 0 Å². The molecule has 1 unspecified atom stereocenters. The lowest BCUT2D eigenvalue weighted by Gasteiger charge is -2.23. The second kappa shape index (κ2) is 10.5. The number of anilines is 1. The van der Waals surface area contributed by atoms with E-state index in [4.69, 9.17) is 4.74 Å². The zero-order valence-electron chi connectivity index (χ0n) is 17.3. The van der Waals surface area contributed by atoms with Crippen molar-refractivity contribution in [3.8, 4) is 0 Å². The van der Waals surface area contributed by atoms with E-state index in [9.17, 15) is 13.2 Å². The minimum absolute atomic E-state index is 0.0270. The number of aryl methyl sites for hydroxylation is 1. The van der Waals surface area contributed by atoms with Gasteiger partial charge in [0.1, 0.15) is 0 Å². The number of nitrogens with zero attached hydrogens (tertiary/aromatic N) is 3. The van der Waals surface area contributed by atoms with Crippen molar-refractivity contribution in [2.75, 3.05) is 50.9 Å². The lowest BCUT2D eigenvalue weighted by atomic mass is 10.1. The van der Waals surface area contributed by atoms with Crippen LogP contribution in [-0.4, -0.2) is 74.1 Å². The van der Waals surface area contributed by atoms with E-state index in [1.165, 1.54) is 21.9 Å². The Morgan fingerprint density at radius 3 is 2.70 bits per heavy atom. The van der Waals surface area contributed by atoms with Crippen LogP contribution in [0.15, 0.2) is 36.5 Å². The van der Waals surface area contributed by atoms with Crippen molar-refractivity contribution in [1.82, 2.24) is 14.2 Å². The van der Waals surface area contributed by atoms with Crippen LogP contribution in [0.5, 0.6) is 0 Å². The van der Waals surface area contributed by atoms with Gasteiger partial charge in [-0.1, -0.05) is 30.3 Å². The molecule has 1 atom stereocenters. The predicted molar refractivity (Wildman–Crippen MR) is 118 cm³/mol. The van der Waals surface area contributed by atoms with Crippen molar-refractivity contribution in [3.05, 3.63) is 47.0 Å². The summed E-state index contributed by atoms with van der Waals surface area (Å²) in [6, 6.07) is 9.86. The minimum Gasteiger partial charge on any atom is -0.376 e. The molecule has 0 spiro atoms. The first-order valence-corrected chi connectivity index (χ1v) is 12.5. The van der Waals surface area contributed by atoms with E-state index in [1.54, 1.807) is 6.20 Å². The van der Waals surface area contributed by atoms with E-state index in [2.05, 4.69) is 10.3 Å². The monoisotopic (exact) mass is 452 g/mol. The molecule has 30 heavy (non-hydrogen) atoms. The molecule has 1 aromatic heterocycles. The highest BCUT2D eigenvalue weighted by atomic mass is 32.2. The van der Waals surface area contributed by atoms with E-state index in [0.717, 1.165) is 10.4 Å². The molecule has 1 aliphatic heterocycles. The fourth-order valence-electron chi connectivity index (χ4n) is 3.39. The zero-order valence-corrected chi connectivity index (χ0v) is 18.9. The molecule has 1 saturated heterocycles. The maximum absolute atomic E-state index is 12.4. The summed E-state index contributed by atoms with van der Waals surface area (Å²) in [5.41, 5.74) is 1.07. The van der Waals surface area contributed by atoms with E-state index in [-0.39, 0.29) is 18.4 Å². The largest absolute Gasteiger partial charge is 0.376 e. The van der Waals surface area contributed by atoms with Crippen molar-refractivity contribution >= 4 is 32.4 Å². The number of carbonyl (C=O) groups excluding carboxylic acids is 1. The predicted octanol–water partition coefficient (Wildman–Crippen LogP) is 1.80. The molecule has 0 saturated carbocycles. The van der Waals surface area contributed by atoms with Crippen LogP contribution < -0.4 is 5.32 Å². The van der Waals surface area contributed by atoms with Gasteiger partial charge in [0.25, 0.3) is 0 Å². The lowest BCUT2D eigenvalue weighted by Crippen LogP contribution is -2.38. The molecule has 8 nitrogen and oxygen atoms in total. The van der Waals surface area contributed by atoms with E-state index in [1.807, 2.05) is 42.2 Å². The summed E-state index contributed by atoms with van der Waals surface area (Å²) in [7, 11) is -3.31. The van der Waals surface area contributed by atoms with Gasteiger partial charge in [-0.05, 0) is 12.5 Å². The minimum atomic E-state index is -3.31. The molecule has 0 radical (unpaired) electrons. The molecule has 1 aromatic carbocycles. The molecule has 0 aliphatic carbocycles. The average Bonchev–Trinajstić information content (AvgIpc) is 2.96. The highest BCUT2D eigenvalue weighted by Crippen LogP contribution is 2.17. The Morgan fingerprint density at radius 1 is 1.27 bits per heavy atom. The van der Waals surface area contributed by atoms with E-state index >= 15 is 0 Å². The number of carbonyl (C=O) groups is 1. The van der Waals surface area contributed by atoms with Gasteiger partial charge in [-0.25, -0.2) is 17.7 Å². The van der Waals surface area contributed by atoms with E-state index in [0.29, 0.717) is 44.5 Å². The number of nitrogens with one attached hydrogen (secondary N) is 1. The summed E-state index contributed by atoms with van der Waals surface area (Å²) in [5.74, 6) is -0.179. The number of thiazole rings is 1.